The summed E-state index contributed by atoms with van der Waals surface area (Å²) in [7, 11) is 0. The molecule has 11 heteroatoms. The van der Waals surface area contributed by atoms with Crippen molar-refractivity contribution >= 4 is 24.2 Å². The number of phenolic OH excluding ortho intramolecular Hbond substituents is 2. The molecule has 0 aliphatic heterocycles. The molecule has 0 saturated carbocycles. The monoisotopic (exact) mass is 540 g/mol. The van der Waals surface area contributed by atoms with Gasteiger partial charge in [-0.25, -0.2) is 0 Å². The summed E-state index contributed by atoms with van der Waals surface area (Å²) in [5, 5.41) is 52.8. The zero-order chi connectivity index (χ0) is 25.6. The number of hydrogen-bond acceptors (Lipinski definition) is 8. The fraction of sp³-hybridized carbons (Fsp3) is 0. The number of aromatic hydroxyl groups is 2. The van der Waals surface area contributed by atoms with Crippen LogP contribution in [0.1, 0.15) is 22.5 Å². The van der Waals surface area contributed by atoms with Crippen molar-refractivity contribution in [3.05, 3.63) is 120 Å². The van der Waals surface area contributed by atoms with Crippen molar-refractivity contribution in [3.8, 4) is 11.5 Å². The van der Waals surface area contributed by atoms with E-state index in [1.165, 1.54) is 24.6 Å². The molecule has 4 rings (SSSR count). The van der Waals surface area contributed by atoms with Crippen molar-refractivity contribution in [1.82, 2.24) is 9.97 Å². The number of hydrogen-bond donors (Lipinski definition) is 4. The minimum absolute atomic E-state index is 0. The van der Waals surface area contributed by atoms with Crippen LogP contribution in [0.5, 0.6) is 11.5 Å². The van der Waals surface area contributed by atoms with E-state index in [1.807, 2.05) is 12.1 Å². The number of phenols is 2. The molecular formula is C26H22N6NiO4. The number of aromatic nitrogens is 2. The first kappa shape index (κ1) is 28.4. The fourth-order valence-electron chi connectivity index (χ4n) is 2.62. The predicted octanol–water partition coefficient (Wildman–Crippen LogP) is 4.25. The molecule has 4 N–H and O–H groups in total. The first-order valence-corrected chi connectivity index (χ1v) is 10.5. The molecule has 0 radical (unpaired) electrons. The van der Waals surface area contributed by atoms with Gasteiger partial charge >= 0.3 is 0 Å². The van der Waals surface area contributed by atoms with Gasteiger partial charge < -0.3 is 20.4 Å². The normalized spacial score (nSPS) is 11.6. The summed E-state index contributed by atoms with van der Waals surface area (Å²) in [5.41, 5.74) is 1.73. The van der Waals surface area contributed by atoms with Gasteiger partial charge in [0.15, 0.2) is 0 Å². The summed E-state index contributed by atoms with van der Waals surface area (Å²) in [4.78, 5) is 8.03. The summed E-state index contributed by atoms with van der Waals surface area (Å²) in [5.74, 6) is -0.792. The number of aliphatic hydroxyl groups is 2. The molecule has 37 heavy (non-hydrogen) atoms. The van der Waals surface area contributed by atoms with Crippen molar-refractivity contribution < 1.29 is 36.9 Å². The third kappa shape index (κ3) is 9.35. The Morgan fingerprint density at radius 1 is 0.568 bits per heavy atom. The first-order valence-electron chi connectivity index (χ1n) is 10.5. The Kier molecular flexibility index (Phi) is 11.6. The standard InChI is InChI=1S/2C13H11N3O2.Ni/c2*17-12-7-2-1-6-11(12)13(18)16-15-9-10-5-3-4-8-14-10;/h2*1-9,17H,(H,16,18);/b2*15-9+;. The van der Waals surface area contributed by atoms with E-state index in [2.05, 4.69) is 30.4 Å². The van der Waals surface area contributed by atoms with Crippen LogP contribution in [0.2, 0.25) is 0 Å². The van der Waals surface area contributed by atoms with Gasteiger partial charge in [0.25, 0.3) is 0 Å². The van der Waals surface area contributed by atoms with Gasteiger partial charge in [0.1, 0.15) is 11.5 Å². The van der Waals surface area contributed by atoms with Crippen LogP contribution < -0.4 is 0 Å². The van der Waals surface area contributed by atoms with Crippen LogP contribution in [0, 0.1) is 0 Å². The molecule has 0 fully saturated rings. The van der Waals surface area contributed by atoms with Gasteiger partial charge in [-0.3, -0.25) is 9.97 Å². The van der Waals surface area contributed by atoms with Crippen LogP contribution in [0.25, 0.3) is 0 Å². The van der Waals surface area contributed by atoms with Gasteiger partial charge in [-0.05, 0) is 48.5 Å². The SMILES string of the molecule is O/C(=N/N=C/c1ccccn1)c1ccccc1O.O/C(=N\N=C\c1ccccn1)c1ccccc1O.[Ni]. The summed E-state index contributed by atoms with van der Waals surface area (Å²) in [6, 6.07) is 23.4. The number of aliphatic hydroxyl groups excluding tert-OH is 2. The maximum absolute atomic E-state index is 9.64. The number of para-hydroxylation sites is 2. The zero-order valence-electron chi connectivity index (χ0n) is 19.2. The van der Waals surface area contributed by atoms with Crippen molar-refractivity contribution in [2.75, 3.05) is 0 Å². The van der Waals surface area contributed by atoms with E-state index in [0.29, 0.717) is 11.4 Å². The van der Waals surface area contributed by atoms with Gasteiger partial charge in [-0.15, -0.1) is 10.2 Å². The van der Waals surface area contributed by atoms with Crippen LogP contribution in [0.4, 0.5) is 0 Å². The van der Waals surface area contributed by atoms with E-state index in [0.717, 1.165) is 0 Å². The van der Waals surface area contributed by atoms with E-state index >= 15 is 0 Å². The van der Waals surface area contributed by atoms with Crippen LogP contribution in [0.15, 0.2) is 118 Å². The minimum Gasteiger partial charge on any atom is -0.507 e. The quantitative estimate of drug-likeness (QED) is 0.124. The van der Waals surface area contributed by atoms with Gasteiger partial charge in [-0.2, -0.15) is 10.2 Å². The number of nitrogens with zero attached hydrogens (tertiary/aromatic N) is 6. The molecule has 0 unspecified atom stereocenters. The van der Waals surface area contributed by atoms with Crippen molar-refractivity contribution in [3.63, 3.8) is 0 Å². The van der Waals surface area contributed by atoms with Crippen LogP contribution in [-0.4, -0.2) is 54.6 Å². The van der Waals surface area contributed by atoms with Crippen molar-refractivity contribution in [2.45, 2.75) is 0 Å². The third-order valence-electron chi connectivity index (χ3n) is 4.35. The van der Waals surface area contributed by atoms with Gasteiger partial charge in [0.2, 0.25) is 11.8 Å². The van der Waals surface area contributed by atoms with Gasteiger partial charge in [0, 0.05) is 28.9 Å². The fourth-order valence-corrected chi connectivity index (χ4v) is 2.62. The molecule has 4 aromatic rings. The van der Waals surface area contributed by atoms with Crippen LogP contribution in [-0.2, 0) is 16.5 Å². The summed E-state index contributed by atoms with van der Waals surface area (Å²) < 4.78 is 0. The number of rotatable bonds is 6. The van der Waals surface area contributed by atoms with Crippen LogP contribution >= 0.6 is 0 Å². The molecule has 2 heterocycles. The van der Waals surface area contributed by atoms with Gasteiger partial charge in [0.05, 0.1) is 34.9 Å². The molecule has 0 bridgehead atoms. The number of pyridine rings is 2. The second-order valence-electron chi connectivity index (χ2n) is 6.88. The molecule has 2 aromatic carbocycles. The minimum atomic E-state index is -0.347. The number of benzene rings is 2. The van der Waals surface area contributed by atoms with E-state index in [-0.39, 0.29) is 50.9 Å². The molecule has 0 aliphatic carbocycles. The van der Waals surface area contributed by atoms with E-state index in [4.69, 9.17) is 0 Å². The molecule has 0 atom stereocenters. The molecule has 0 spiro atoms. The van der Waals surface area contributed by atoms with Crippen molar-refractivity contribution in [1.29, 1.82) is 0 Å². The molecule has 0 saturated heterocycles. The maximum atomic E-state index is 9.64. The van der Waals surface area contributed by atoms with Crippen molar-refractivity contribution in [2.24, 2.45) is 20.4 Å². The molecule has 10 nitrogen and oxygen atoms in total. The molecule has 190 valence electrons. The summed E-state index contributed by atoms with van der Waals surface area (Å²) in [6.07, 6.45) is 6.09. The Morgan fingerprint density at radius 3 is 1.30 bits per heavy atom. The zero-order valence-corrected chi connectivity index (χ0v) is 20.2. The second-order valence-corrected chi connectivity index (χ2v) is 6.88. The molecular weight excluding hydrogens is 519 g/mol. The average Bonchev–Trinajstić information content (AvgIpc) is 2.91. The third-order valence-corrected chi connectivity index (χ3v) is 4.35. The van der Waals surface area contributed by atoms with Gasteiger partial charge in [-0.1, -0.05) is 36.4 Å². The second kappa shape index (κ2) is 15.2. The molecule has 0 amide bonds. The Hall–Kier alpha value is -4.89. The Bertz CT molecular complexity index is 1270. The topological polar surface area (TPSA) is 156 Å². The average molecular weight is 541 g/mol. The predicted molar refractivity (Wildman–Crippen MR) is 138 cm³/mol. The first-order chi connectivity index (χ1) is 17.5. The van der Waals surface area contributed by atoms with Crippen LogP contribution in [0.3, 0.4) is 0 Å². The maximum Gasteiger partial charge on any atom is 0.242 e. The van der Waals surface area contributed by atoms with E-state index < -0.39 is 0 Å². The summed E-state index contributed by atoms with van der Waals surface area (Å²) in [6.45, 7) is 0. The Morgan fingerprint density at radius 2 is 0.946 bits per heavy atom. The Balaban J connectivity index is 0.000000253. The largest absolute Gasteiger partial charge is 0.507 e. The van der Waals surface area contributed by atoms with E-state index in [1.54, 1.807) is 73.1 Å². The Labute approximate surface area is 222 Å². The smallest absolute Gasteiger partial charge is 0.242 e. The molecule has 0 aliphatic rings. The van der Waals surface area contributed by atoms with E-state index in [9.17, 15) is 20.4 Å². The molecule has 2 aromatic heterocycles. The summed E-state index contributed by atoms with van der Waals surface area (Å²) >= 11 is 0.